The van der Waals surface area contributed by atoms with Gasteiger partial charge in [-0.15, -0.1) is 0 Å². The molecule has 0 aliphatic carbocycles. The van der Waals surface area contributed by atoms with Gasteiger partial charge in [-0.2, -0.15) is 0 Å². The summed E-state index contributed by atoms with van der Waals surface area (Å²) in [6, 6.07) is 3.82. The summed E-state index contributed by atoms with van der Waals surface area (Å²) in [6.07, 6.45) is 0.518. The van der Waals surface area contributed by atoms with Crippen LogP contribution in [-0.2, 0) is 11.2 Å². The minimum atomic E-state index is -0.909. The quantitative estimate of drug-likeness (QED) is 0.828. The van der Waals surface area contributed by atoms with Crippen LogP contribution in [0.3, 0.4) is 0 Å². The number of methoxy groups -OCH3 is 1. The molecule has 1 aliphatic heterocycles. The first-order valence-electron chi connectivity index (χ1n) is 5.19. The number of aliphatic carboxylic acids is 1. The smallest absolute Gasteiger partial charge is 0.344 e. The molecule has 0 saturated heterocycles. The van der Waals surface area contributed by atoms with Crippen molar-refractivity contribution in [2.75, 3.05) is 7.11 Å². The minimum absolute atomic E-state index is 0.522. The van der Waals surface area contributed by atoms with Gasteiger partial charge in [-0.25, -0.2) is 4.79 Å². The Morgan fingerprint density at radius 1 is 1.56 bits per heavy atom. The predicted molar refractivity (Wildman–Crippen MR) is 58.1 cm³/mol. The number of carboxylic acid groups (broad SMARTS) is 1. The summed E-state index contributed by atoms with van der Waals surface area (Å²) < 4.78 is 10.7. The second kappa shape index (κ2) is 4.04. The molecule has 86 valence electrons. The largest absolute Gasteiger partial charge is 0.496 e. The van der Waals surface area contributed by atoms with Crippen molar-refractivity contribution in [2.24, 2.45) is 0 Å². The molecule has 0 spiro atoms. The molecule has 4 nitrogen and oxygen atoms in total. The summed E-state index contributed by atoms with van der Waals surface area (Å²) in [5.41, 5.74) is 1.92. The summed E-state index contributed by atoms with van der Waals surface area (Å²) in [5, 5.41) is 8.92. The van der Waals surface area contributed by atoms with E-state index in [1.165, 1.54) is 0 Å². The molecule has 0 aromatic heterocycles. The third kappa shape index (κ3) is 1.71. The van der Waals surface area contributed by atoms with Gasteiger partial charge in [0, 0.05) is 5.56 Å². The van der Waals surface area contributed by atoms with E-state index in [2.05, 4.69) is 0 Å². The predicted octanol–water partition coefficient (Wildman–Crippen LogP) is 1.78. The minimum Gasteiger partial charge on any atom is -0.496 e. The molecule has 2 rings (SSSR count). The molecule has 0 amide bonds. The summed E-state index contributed by atoms with van der Waals surface area (Å²) >= 11 is 0. The van der Waals surface area contributed by atoms with Gasteiger partial charge in [0.05, 0.1) is 7.11 Å². The van der Waals surface area contributed by atoms with Crippen LogP contribution in [0.4, 0.5) is 0 Å². The molecule has 1 N–H and O–H groups in total. The standard InChI is InChI=1S/C12H14O4/c1-7-9(15-2)5-3-8-4-6-10(12(13)14)16-11(7)8/h3,5,10H,4,6H2,1-2H3,(H,13,14). The van der Waals surface area contributed by atoms with Crippen molar-refractivity contribution in [3.05, 3.63) is 23.3 Å². The van der Waals surface area contributed by atoms with E-state index in [4.69, 9.17) is 14.6 Å². The van der Waals surface area contributed by atoms with Gasteiger partial charge in [-0.05, 0) is 31.4 Å². The van der Waals surface area contributed by atoms with E-state index >= 15 is 0 Å². The number of hydrogen-bond donors (Lipinski definition) is 1. The first-order valence-corrected chi connectivity index (χ1v) is 5.19. The van der Waals surface area contributed by atoms with E-state index in [9.17, 15) is 4.79 Å². The average molecular weight is 222 g/mol. The van der Waals surface area contributed by atoms with E-state index in [0.29, 0.717) is 12.2 Å². The zero-order chi connectivity index (χ0) is 11.7. The normalized spacial score (nSPS) is 18.5. The van der Waals surface area contributed by atoms with Crippen LogP contribution >= 0.6 is 0 Å². The highest BCUT2D eigenvalue weighted by Crippen LogP contribution is 2.36. The van der Waals surface area contributed by atoms with Gasteiger partial charge >= 0.3 is 5.97 Å². The van der Waals surface area contributed by atoms with Crippen LogP contribution < -0.4 is 9.47 Å². The highest BCUT2D eigenvalue weighted by molar-refractivity contribution is 5.73. The van der Waals surface area contributed by atoms with Crippen molar-refractivity contribution >= 4 is 5.97 Å². The van der Waals surface area contributed by atoms with E-state index in [1.807, 2.05) is 19.1 Å². The van der Waals surface area contributed by atoms with Crippen LogP contribution in [0.2, 0.25) is 0 Å². The SMILES string of the molecule is COc1ccc2c(c1C)OC(C(=O)O)CC2. The van der Waals surface area contributed by atoms with Gasteiger partial charge in [-0.3, -0.25) is 0 Å². The molecule has 0 bridgehead atoms. The maximum atomic E-state index is 10.9. The second-order valence-corrected chi connectivity index (χ2v) is 3.86. The number of fused-ring (bicyclic) bond motifs is 1. The Bertz CT molecular complexity index is 425. The highest BCUT2D eigenvalue weighted by Gasteiger charge is 2.27. The average Bonchev–Trinajstić information content (AvgIpc) is 2.29. The van der Waals surface area contributed by atoms with Crippen LogP contribution in [0, 0.1) is 6.92 Å². The molecule has 0 saturated carbocycles. The van der Waals surface area contributed by atoms with Crippen molar-refractivity contribution in [1.29, 1.82) is 0 Å². The lowest BCUT2D eigenvalue weighted by atomic mass is 9.99. The van der Waals surface area contributed by atoms with Crippen LogP contribution in [0.25, 0.3) is 0 Å². The molecule has 0 radical (unpaired) electrons. The first kappa shape index (κ1) is 10.8. The van der Waals surface area contributed by atoms with Crippen molar-refractivity contribution in [2.45, 2.75) is 25.9 Å². The van der Waals surface area contributed by atoms with Crippen LogP contribution in [-0.4, -0.2) is 24.3 Å². The molecule has 1 atom stereocenters. The molecule has 1 aliphatic rings. The molecular formula is C12H14O4. The zero-order valence-corrected chi connectivity index (χ0v) is 9.32. The van der Waals surface area contributed by atoms with Gasteiger partial charge < -0.3 is 14.6 Å². The van der Waals surface area contributed by atoms with Crippen LogP contribution in [0.1, 0.15) is 17.5 Å². The lowest BCUT2D eigenvalue weighted by Gasteiger charge is -2.25. The van der Waals surface area contributed by atoms with E-state index in [1.54, 1.807) is 7.11 Å². The van der Waals surface area contributed by atoms with E-state index in [0.717, 1.165) is 23.3 Å². The highest BCUT2D eigenvalue weighted by atomic mass is 16.5. The van der Waals surface area contributed by atoms with Gasteiger partial charge in [0.15, 0.2) is 6.10 Å². The monoisotopic (exact) mass is 222 g/mol. The molecule has 1 heterocycles. The topological polar surface area (TPSA) is 55.8 Å². The first-order chi connectivity index (χ1) is 7.63. The third-order valence-electron chi connectivity index (χ3n) is 2.87. The number of carboxylic acids is 1. The third-order valence-corrected chi connectivity index (χ3v) is 2.87. The van der Waals surface area contributed by atoms with Crippen molar-refractivity contribution in [1.82, 2.24) is 0 Å². The summed E-state index contributed by atoms with van der Waals surface area (Å²) in [4.78, 5) is 10.9. The number of carbonyl (C=O) groups is 1. The molecular weight excluding hydrogens is 208 g/mol. The maximum absolute atomic E-state index is 10.9. The van der Waals surface area contributed by atoms with Gasteiger partial charge in [0.1, 0.15) is 11.5 Å². The zero-order valence-electron chi connectivity index (χ0n) is 9.32. The number of aryl methyl sites for hydroxylation is 1. The number of hydrogen-bond acceptors (Lipinski definition) is 3. The van der Waals surface area contributed by atoms with Gasteiger partial charge in [-0.1, -0.05) is 6.07 Å². The fourth-order valence-corrected chi connectivity index (χ4v) is 1.97. The Hall–Kier alpha value is -1.71. The summed E-state index contributed by atoms with van der Waals surface area (Å²) in [6.45, 7) is 1.88. The molecule has 16 heavy (non-hydrogen) atoms. The molecule has 1 aromatic carbocycles. The van der Waals surface area contributed by atoms with Crippen LogP contribution in [0.5, 0.6) is 11.5 Å². The fourth-order valence-electron chi connectivity index (χ4n) is 1.97. The Balaban J connectivity index is 2.38. The number of benzene rings is 1. The van der Waals surface area contributed by atoms with Gasteiger partial charge in [0.25, 0.3) is 0 Å². The van der Waals surface area contributed by atoms with Crippen molar-refractivity contribution in [3.63, 3.8) is 0 Å². The summed E-state index contributed by atoms with van der Waals surface area (Å²) in [7, 11) is 1.59. The maximum Gasteiger partial charge on any atom is 0.344 e. The Kier molecular flexibility index (Phi) is 2.73. The number of rotatable bonds is 2. The summed E-state index contributed by atoms with van der Waals surface area (Å²) in [5.74, 6) is 0.482. The van der Waals surface area contributed by atoms with Crippen molar-refractivity contribution in [3.8, 4) is 11.5 Å². The Labute approximate surface area is 93.8 Å². The lowest BCUT2D eigenvalue weighted by molar-refractivity contribution is -0.145. The van der Waals surface area contributed by atoms with Crippen LogP contribution in [0.15, 0.2) is 12.1 Å². The lowest BCUT2D eigenvalue weighted by Crippen LogP contribution is -2.31. The fraction of sp³-hybridized carbons (Fsp3) is 0.417. The Morgan fingerprint density at radius 3 is 2.94 bits per heavy atom. The second-order valence-electron chi connectivity index (χ2n) is 3.86. The molecule has 0 fully saturated rings. The molecule has 1 aromatic rings. The van der Waals surface area contributed by atoms with Crippen molar-refractivity contribution < 1.29 is 19.4 Å². The molecule has 4 heteroatoms. The number of ether oxygens (including phenoxy) is 2. The Morgan fingerprint density at radius 2 is 2.31 bits per heavy atom. The van der Waals surface area contributed by atoms with E-state index < -0.39 is 12.1 Å². The molecule has 1 unspecified atom stereocenters. The van der Waals surface area contributed by atoms with E-state index in [-0.39, 0.29) is 0 Å². The van der Waals surface area contributed by atoms with Gasteiger partial charge in [0.2, 0.25) is 0 Å².